The second-order valence-corrected chi connectivity index (χ2v) is 25.7. The minimum Gasteiger partial charge on any atom is -0.394 e. The van der Waals surface area contributed by atoms with E-state index in [9.17, 15) is 15.0 Å². The fraction of sp³-hybridized carbons (Fsp3) is 0.859. The summed E-state index contributed by atoms with van der Waals surface area (Å²) in [6.45, 7) is 4.33. The van der Waals surface area contributed by atoms with Crippen molar-refractivity contribution in [3.05, 3.63) is 60.8 Å². The standard InChI is InChI=1S/C78H147NO3/c1-3-5-7-9-11-13-15-17-19-21-23-25-27-29-31-33-34-35-36-37-38-39-40-41-42-43-44-46-48-50-52-54-56-58-60-62-64-66-68-70-72-74-78(82)79-76(75-80)77(81)73-71-69-67-65-63-61-59-57-55-53-51-49-47-45-32-30-28-26-24-22-20-18-16-14-12-10-8-6-4-2/h15,17,21,23,27,29,63,65,71,73,76-77,80-81H,3-14,16,18-20,22,24-26,28,30-62,64,66-70,72,74-75H2,1-2H3,(H,79,82)/b17-15-,23-21-,29-27-,65-63+,73-71+. The number of allylic oxidation sites excluding steroid dienone is 9. The number of amides is 1. The first kappa shape index (κ1) is 80.1. The van der Waals surface area contributed by atoms with Crippen LogP contribution >= 0.6 is 0 Å². The fourth-order valence-corrected chi connectivity index (χ4v) is 11.8. The highest BCUT2D eigenvalue weighted by atomic mass is 16.3. The van der Waals surface area contributed by atoms with Crippen LogP contribution in [-0.2, 0) is 4.79 Å². The monoisotopic (exact) mass is 1150 g/mol. The maximum atomic E-state index is 12.6. The van der Waals surface area contributed by atoms with E-state index >= 15 is 0 Å². The molecular weight excluding hydrogens is 999 g/mol. The van der Waals surface area contributed by atoms with E-state index in [-0.39, 0.29) is 12.5 Å². The van der Waals surface area contributed by atoms with Crippen LogP contribution < -0.4 is 5.32 Å². The predicted molar refractivity (Wildman–Crippen MR) is 368 cm³/mol. The van der Waals surface area contributed by atoms with Crippen LogP contribution in [0.4, 0.5) is 0 Å². The van der Waals surface area contributed by atoms with Crippen molar-refractivity contribution in [1.29, 1.82) is 0 Å². The Balaban J connectivity index is 3.43. The van der Waals surface area contributed by atoms with Gasteiger partial charge in [-0.2, -0.15) is 0 Å². The Bertz CT molecular complexity index is 1350. The molecule has 3 N–H and O–H groups in total. The number of aliphatic hydroxyl groups excluding tert-OH is 2. The Kier molecular flexibility index (Phi) is 71.6. The molecule has 0 aromatic rings. The lowest BCUT2D eigenvalue weighted by Crippen LogP contribution is -2.45. The number of carbonyl (C=O) groups is 1. The van der Waals surface area contributed by atoms with Crippen LogP contribution in [0.3, 0.4) is 0 Å². The van der Waals surface area contributed by atoms with E-state index in [0.29, 0.717) is 6.42 Å². The lowest BCUT2D eigenvalue weighted by molar-refractivity contribution is -0.123. The Labute approximate surface area is 515 Å². The molecule has 0 aliphatic rings. The molecule has 1 amide bonds. The van der Waals surface area contributed by atoms with Gasteiger partial charge in [0, 0.05) is 6.42 Å². The summed E-state index contributed by atoms with van der Waals surface area (Å²) >= 11 is 0. The van der Waals surface area contributed by atoms with Crippen molar-refractivity contribution < 1.29 is 15.0 Å². The van der Waals surface area contributed by atoms with Crippen molar-refractivity contribution in [2.75, 3.05) is 6.61 Å². The zero-order valence-corrected chi connectivity index (χ0v) is 55.8. The first-order valence-corrected chi connectivity index (χ1v) is 37.5. The smallest absolute Gasteiger partial charge is 0.220 e. The number of nitrogens with one attached hydrogen (secondary N) is 1. The number of unbranched alkanes of at least 4 members (excludes halogenated alkanes) is 55. The minimum absolute atomic E-state index is 0.0659. The van der Waals surface area contributed by atoms with Crippen LogP contribution in [0.5, 0.6) is 0 Å². The minimum atomic E-state index is -0.864. The number of hydrogen-bond donors (Lipinski definition) is 3. The van der Waals surface area contributed by atoms with Gasteiger partial charge in [0.1, 0.15) is 0 Å². The Hall–Kier alpha value is -1.91. The highest BCUT2D eigenvalue weighted by Crippen LogP contribution is 2.19. The molecule has 0 spiro atoms. The first-order valence-electron chi connectivity index (χ1n) is 37.5. The normalized spacial score (nSPS) is 13.0. The molecule has 0 aliphatic heterocycles. The van der Waals surface area contributed by atoms with Gasteiger partial charge in [-0.3, -0.25) is 4.79 Å². The maximum Gasteiger partial charge on any atom is 0.220 e. The average molecular weight is 1150 g/mol. The number of hydrogen-bond acceptors (Lipinski definition) is 3. The van der Waals surface area contributed by atoms with Crippen LogP contribution in [0.25, 0.3) is 0 Å². The van der Waals surface area contributed by atoms with Gasteiger partial charge in [-0.1, -0.05) is 396 Å². The molecule has 4 nitrogen and oxygen atoms in total. The van der Waals surface area contributed by atoms with Crippen LogP contribution in [-0.4, -0.2) is 34.9 Å². The molecular formula is C78H147NO3. The number of carbonyl (C=O) groups excluding carboxylic acids is 1. The third-order valence-electron chi connectivity index (χ3n) is 17.5. The van der Waals surface area contributed by atoms with Gasteiger partial charge in [0.2, 0.25) is 5.91 Å². The molecule has 0 radical (unpaired) electrons. The van der Waals surface area contributed by atoms with Crippen LogP contribution in [0, 0.1) is 0 Å². The summed E-state index contributed by atoms with van der Waals surface area (Å²) in [5.74, 6) is -0.0659. The van der Waals surface area contributed by atoms with Crippen molar-refractivity contribution in [3.8, 4) is 0 Å². The van der Waals surface area contributed by atoms with E-state index in [2.05, 4.69) is 67.8 Å². The van der Waals surface area contributed by atoms with E-state index in [1.807, 2.05) is 6.08 Å². The zero-order valence-electron chi connectivity index (χ0n) is 55.8. The summed E-state index contributed by atoms with van der Waals surface area (Å²) < 4.78 is 0. The zero-order chi connectivity index (χ0) is 59.1. The summed E-state index contributed by atoms with van der Waals surface area (Å²) in [6, 6.07) is -0.641. The molecule has 2 atom stereocenters. The second kappa shape index (κ2) is 73.3. The van der Waals surface area contributed by atoms with Crippen LogP contribution in [0.1, 0.15) is 412 Å². The Morgan fingerprint density at radius 3 is 0.793 bits per heavy atom. The average Bonchev–Trinajstić information content (AvgIpc) is 3.50. The largest absolute Gasteiger partial charge is 0.394 e. The van der Waals surface area contributed by atoms with Crippen LogP contribution in [0.15, 0.2) is 60.8 Å². The van der Waals surface area contributed by atoms with Gasteiger partial charge >= 0.3 is 0 Å². The Morgan fingerprint density at radius 2 is 0.512 bits per heavy atom. The van der Waals surface area contributed by atoms with Gasteiger partial charge < -0.3 is 15.5 Å². The fourth-order valence-electron chi connectivity index (χ4n) is 11.8. The van der Waals surface area contributed by atoms with Crippen molar-refractivity contribution in [2.24, 2.45) is 0 Å². The van der Waals surface area contributed by atoms with E-state index < -0.39 is 12.1 Å². The summed E-state index contributed by atoms with van der Waals surface area (Å²) in [5.41, 5.74) is 0. The van der Waals surface area contributed by atoms with E-state index in [1.54, 1.807) is 6.08 Å². The summed E-state index contributed by atoms with van der Waals surface area (Å²) in [5, 5.41) is 23.3. The quantitative estimate of drug-likeness (QED) is 0.0420. The van der Waals surface area contributed by atoms with Gasteiger partial charge in [0.05, 0.1) is 18.8 Å². The van der Waals surface area contributed by atoms with E-state index in [4.69, 9.17) is 0 Å². The molecule has 2 unspecified atom stereocenters. The van der Waals surface area contributed by atoms with Crippen molar-refractivity contribution in [3.63, 3.8) is 0 Å². The van der Waals surface area contributed by atoms with Gasteiger partial charge in [-0.05, 0) is 70.6 Å². The molecule has 0 rings (SSSR count). The third kappa shape index (κ3) is 68.9. The molecule has 0 saturated heterocycles. The molecule has 482 valence electrons. The molecule has 0 heterocycles. The van der Waals surface area contributed by atoms with E-state index in [0.717, 1.165) is 44.9 Å². The molecule has 0 fully saturated rings. The van der Waals surface area contributed by atoms with Crippen LogP contribution in [0.2, 0.25) is 0 Å². The van der Waals surface area contributed by atoms with Crippen molar-refractivity contribution in [2.45, 2.75) is 424 Å². The summed E-state index contributed by atoms with van der Waals surface area (Å²) in [7, 11) is 0. The summed E-state index contributed by atoms with van der Waals surface area (Å²) in [4.78, 5) is 12.6. The first-order chi connectivity index (χ1) is 40.7. The predicted octanol–water partition coefficient (Wildman–Crippen LogP) is 25.8. The third-order valence-corrected chi connectivity index (χ3v) is 17.5. The lowest BCUT2D eigenvalue weighted by atomic mass is 10.0. The van der Waals surface area contributed by atoms with Gasteiger partial charge in [-0.15, -0.1) is 0 Å². The maximum absolute atomic E-state index is 12.6. The van der Waals surface area contributed by atoms with Crippen molar-refractivity contribution in [1.82, 2.24) is 5.32 Å². The highest BCUT2D eigenvalue weighted by Gasteiger charge is 2.18. The highest BCUT2D eigenvalue weighted by molar-refractivity contribution is 5.76. The van der Waals surface area contributed by atoms with Gasteiger partial charge in [0.25, 0.3) is 0 Å². The van der Waals surface area contributed by atoms with Gasteiger partial charge in [0.15, 0.2) is 0 Å². The molecule has 0 aromatic heterocycles. The molecule has 0 saturated carbocycles. The molecule has 82 heavy (non-hydrogen) atoms. The molecule has 4 heteroatoms. The van der Waals surface area contributed by atoms with Crippen molar-refractivity contribution >= 4 is 5.91 Å². The summed E-state index contributed by atoms with van der Waals surface area (Å²) in [6.07, 6.45) is 105. The van der Waals surface area contributed by atoms with Gasteiger partial charge in [-0.25, -0.2) is 0 Å². The Morgan fingerprint density at radius 1 is 0.293 bits per heavy atom. The SMILES string of the molecule is CCCCCCC/C=C\C/C=C\C/C=C\CCCCCCCCCCCCCCCCCCCCCCCCCCCCC(=O)NC(CO)C(O)/C=C/CC/C=C/CCCCCCCCCCCCCCCCCCCCCCCCC. The molecule has 0 bridgehead atoms. The lowest BCUT2D eigenvalue weighted by Gasteiger charge is -2.19. The van der Waals surface area contributed by atoms with E-state index in [1.165, 1.54) is 347 Å². The molecule has 0 aromatic carbocycles. The number of rotatable bonds is 70. The molecule has 0 aliphatic carbocycles. The second-order valence-electron chi connectivity index (χ2n) is 25.7. The topological polar surface area (TPSA) is 69.6 Å². The number of aliphatic hydroxyl groups is 2.